The maximum atomic E-state index is 5.47. The lowest BCUT2D eigenvalue weighted by molar-refractivity contribution is 0.363. The number of thiocarbonyl (C=S) groups is 1. The number of hydrogen-bond acceptors (Lipinski definition) is 3. The van der Waals surface area contributed by atoms with Gasteiger partial charge in [-0.3, -0.25) is 0 Å². The van der Waals surface area contributed by atoms with Gasteiger partial charge in [-0.05, 0) is 67.0 Å². The Morgan fingerprint density at radius 3 is 2.42 bits per heavy atom. The first-order valence-electron chi connectivity index (χ1n) is 8.97. The van der Waals surface area contributed by atoms with Gasteiger partial charge in [0.05, 0.1) is 0 Å². The number of hydrogen-bond donors (Lipinski definition) is 2. The fourth-order valence-electron chi connectivity index (χ4n) is 2.95. The lowest BCUT2D eigenvalue weighted by Crippen LogP contribution is -2.27. The van der Waals surface area contributed by atoms with Crippen LogP contribution < -0.4 is 20.3 Å². The first-order chi connectivity index (χ1) is 12.7. The summed E-state index contributed by atoms with van der Waals surface area (Å²) in [6, 6.07) is 16.4. The maximum Gasteiger partial charge on any atom is 0.171 e. The number of benzene rings is 2. The Labute approximate surface area is 160 Å². The third-order valence-electron chi connectivity index (χ3n) is 4.34. The topological polar surface area (TPSA) is 36.5 Å². The van der Waals surface area contributed by atoms with Crippen molar-refractivity contribution in [1.82, 2.24) is 5.32 Å². The van der Waals surface area contributed by atoms with Gasteiger partial charge >= 0.3 is 0 Å². The number of rotatable bonds is 7. The minimum absolute atomic E-state index is 0.503. The van der Waals surface area contributed by atoms with Gasteiger partial charge in [-0.25, -0.2) is 0 Å². The molecule has 0 radical (unpaired) electrons. The molecular formula is C21H25N3OS. The smallest absolute Gasteiger partial charge is 0.171 e. The van der Waals surface area contributed by atoms with E-state index in [0.29, 0.717) is 18.3 Å². The summed E-state index contributed by atoms with van der Waals surface area (Å²) in [7, 11) is 0. The van der Waals surface area contributed by atoms with E-state index in [1.54, 1.807) is 6.08 Å². The Bertz CT molecular complexity index is 722. The van der Waals surface area contributed by atoms with Gasteiger partial charge in [0.2, 0.25) is 0 Å². The lowest BCUT2D eigenvalue weighted by atomic mass is 10.2. The summed E-state index contributed by atoms with van der Waals surface area (Å²) in [5, 5.41) is 7.04. The second-order valence-corrected chi connectivity index (χ2v) is 6.70. The Hall–Kier alpha value is -2.53. The third-order valence-corrected chi connectivity index (χ3v) is 4.59. The first-order valence-corrected chi connectivity index (χ1v) is 9.38. The van der Waals surface area contributed by atoms with Gasteiger partial charge in [0, 0.05) is 31.0 Å². The quantitative estimate of drug-likeness (QED) is 0.562. The Balaban J connectivity index is 1.45. The SMILES string of the molecule is C=CCOc1ccc(NC(=S)NCc2ccc(N3CCCC3)cc2)cc1. The molecule has 1 aliphatic rings. The van der Waals surface area contributed by atoms with Gasteiger partial charge in [0.15, 0.2) is 5.11 Å². The molecule has 1 heterocycles. The molecule has 2 aromatic rings. The van der Waals surface area contributed by atoms with E-state index in [1.807, 2.05) is 24.3 Å². The van der Waals surface area contributed by atoms with Crippen molar-refractivity contribution in [2.24, 2.45) is 0 Å². The second kappa shape index (κ2) is 9.25. The molecule has 4 nitrogen and oxygen atoms in total. The Morgan fingerprint density at radius 1 is 1.08 bits per heavy atom. The molecule has 0 unspecified atom stereocenters. The zero-order valence-electron chi connectivity index (χ0n) is 14.9. The van der Waals surface area contributed by atoms with Crippen molar-refractivity contribution in [1.29, 1.82) is 0 Å². The molecule has 136 valence electrons. The van der Waals surface area contributed by atoms with Gasteiger partial charge < -0.3 is 20.3 Å². The fourth-order valence-corrected chi connectivity index (χ4v) is 3.14. The largest absolute Gasteiger partial charge is 0.490 e. The van der Waals surface area contributed by atoms with Crippen LogP contribution in [0, 0.1) is 0 Å². The minimum Gasteiger partial charge on any atom is -0.490 e. The van der Waals surface area contributed by atoms with E-state index in [9.17, 15) is 0 Å². The van der Waals surface area contributed by atoms with Crippen LogP contribution in [0.15, 0.2) is 61.2 Å². The zero-order chi connectivity index (χ0) is 18.2. The number of ether oxygens (including phenoxy) is 1. The van der Waals surface area contributed by atoms with Crippen molar-refractivity contribution in [3.05, 3.63) is 66.7 Å². The van der Waals surface area contributed by atoms with Crippen molar-refractivity contribution in [3.63, 3.8) is 0 Å². The third kappa shape index (κ3) is 5.23. The van der Waals surface area contributed by atoms with Crippen molar-refractivity contribution in [2.75, 3.05) is 29.9 Å². The van der Waals surface area contributed by atoms with E-state index < -0.39 is 0 Å². The summed E-state index contributed by atoms with van der Waals surface area (Å²) in [5.74, 6) is 0.812. The zero-order valence-corrected chi connectivity index (χ0v) is 15.7. The van der Waals surface area contributed by atoms with Crippen molar-refractivity contribution in [3.8, 4) is 5.75 Å². The molecule has 1 fully saturated rings. The molecule has 1 saturated heterocycles. The number of anilines is 2. The van der Waals surface area contributed by atoms with Crippen LogP contribution in [0.3, 0.4) is 0 Å². The molecule has 0 aliphatic carbocycles. The normalized spacial score (nSPS) is 13.3. The van der Waals surface area contributed by atoms with E-state index >= 15 is 0 Å². The molecule has 0 amide bonds. The molecule has 1 aliphatic heterocycles. The average molecular weight is 368 g/mol. The van der Waals surface area contributed by atoms with E-state index in [-0.39, 0.29) is 0 Å². The van der Waals surface area contributed by atoms with Crippen LogP contribution in [0.1, 0.15) is 18.4 Å². The van der Waals surface area contributed by atoms with Gasteiger partial charge in [0.25, 0.3) is 0 Å². The van der Waals surface area contributed by atoms with Crippen LogP contribution in [0.2, 0.25) is 0 Å². The molecule has 2 N–H and O–H groups in total. The Kier molecular flexibility index (Phi) is 6.50. The summed E-state index contributed by atoms with van der Waals surface area (Å²) >= 11 is 5.38. The maximum absolute atomic E-state index is 5.47. The van der Waals surface area contributed by atoms with Crippen LogP contribution in [0.5, 0.6) is 5.75 Å². The highest BCUT2D eigenvalue weighted by molar-refractivity contribution is 7.80. The van der Waals surface area contributed by atoms with Crippen molar-refractivity contribution >= 4 is 28.7 Å². The lowest BCUT2D eigenvalue weighted by Gasteiger charge is -2.18. The van der Waals surface area contributed by atoms with E-state index in [4.69, 9.17) is 17.0 Å². The Morgan fingerprint density at radius 2 is 1.77 bits per heavy atom. The average Bonchev–Trinajstić information content (AvgIpc) is 3.21. The highest BCUT2D eigenvalue weighted by Crippen LogP contribution is 2.20. The monoisotopic (exact) mass is 367 g/mol. The van der Waals surface area contributed by atoms with Crippen LogP contribution in [-0.4, -0.2) is 24.8 Å². The van der Waals surface area contributed by atoms with Crippen LogP contribution in [0.25, 0.3) is 0 Å². The van der Waals surface area contributed by atoms with E-state index in [2.05, 4.69) is 46.4 Å². The number of nitrogens with zero attached hydrogens (tertiary/aromatic N) is 1. The molecule has 0 saturated carbocycles. The molecule has 5 heteroatoms. The molecule has 0 atom stereocenters. The molecule has 0 bridgehead atoms. The van der Waals surface area contributed by atoms with Gasteiger partial charge in [-0.15, -0.1) is 0 Å². The summed E-state index contributed by atoms with van der Waals surface area (Å²) in [5.41, 5.74) is 3.45. The predicted octanol–water partition coefficient (Wildman–Crippen LogP) is 4.34. The summed E-state index contributed by atoms with van der Waals surface area (Å²) in [6.07, 6.45) is 4.32. The van der Waals surface area contributed by atoms with Gasteiger partial charge in [-0.2, -0.15) is 0 Å². The van der Waals surface area contributed by atoms with E-state index in [1.165, 1.54) is 37.2 Å². The van der Waals surface area contributed by atoms with Crippen LogP contribution in [0.4, 0.5) is 11.4 Å². The summed E-state index contributed by atoms with van der Waals surface area (Å²) in [4.78, 5) is 2.44. The highest BCUT2D eigenvalue weighted by Gasteiger charge is 2.11. The molecular weight excluding hydrogens is 342 g/mol. The van der Waals surface area contributed by atoms with Crippen molar-refractivity contribution < 1.29 is 4.74 Å². The van der Waals surface area contributed by atoms with Gasteiger partial charge in [-0.1, -0.05) is 24.8 Å². The van der Waals surface area contributed by atoms with Gasteiger partial charge in [0.1, 0.15) is 12.4 Å². The molecule has 0 spiro atoms. The number of nitrogens with one attached hydrogen (secondary N) is 2. The standard InChI is InChI=1S/C21H25N3OS/c1-2-15-25-20-11-7-18(8-12-20)23-21(26)22-16-17-5-9-19(10-6-17)24-13-3-4-14-24/h2,5-12H,1,3-4,13-16H2,(H2,22,23,26). The second-order valence-electron chi connectivity index (χ2n) is 6.29. The van der Waals surface area contributed by atoms with Crippen LogP contribution in [-0.2, 0) is 6.54 Å². The summed E-state index contributed by atoms with van der Waals surface area (Å²) < 4.78 is 5.47. The minimum atomic E-state index is 0.503. The van der Waals surface area contributed by atoms with Crippen molar-refractivity contribution in [2.45, 2.75) is 19.4 Å². The predicted molar refractivity (Wildman–Crippen MR) is 113 cm³/mol. The van der Waals surface area contributed by atoms with Crippen LogP contribution >= 0.6 is 12.2 Å². The molecule has 0 aromatic heterocycles. The highest BCUT2D eigenvalue weighted by atomic mass is 32.1. The fraction of sp³-hybridized carbons (Fsp3) is 0.286. The van der Waals surface area contributed by atoms with E-state index in [0.717, 1.165) is 11.4 Å². The first kappa shape index (κ1) is 18.3. The molecule has 2 aromatic carbocycles. The summed E-state index contributed by atoms with van der Waals surface area (Å²) in [6.45, 7) is 7.18. The molecule has 3 rings (SSSR count). The molecule has 26 heavy (non-hydrogen) atoms.